The summed E-state index contributed by atoms with van der Waals surface area (Å²) >= 11 is 0. The van der Waals surface area contributed by atoms with Gasteiger partial charge in [0, 0.05) is 36.7 Å². The number of nitrogens with zero attached hydrogens (tertiary/aromatic N) is 3. The van der Waals surface area contributed by atoms with Gasteiger partial charge in [-0.3, -0.25) is 5.10 Å². The van der Waals surface area contributed by atoms with Crippen LogP contribution in [0.5, 0.6) is 0 Å². The third-order valence-corrected chi connectivity index (χ3v) is 6.15. The van der Waals surface area contributed by atoms with E-state index in [1.54, 1.807) is 24.1 Å². The van der Waals surface area contributed by atoms with Gasteiger partial charge in [0.2, 0.25) is 10.0 Å². The van der Waals surface area contributed by atoms with Crippen molar-refractivity contribution in [3.05, 3.63) is 24.4 Å². The molecule has 24 heavy (non-hydrogen) atoms. The van der Waals surface area contributed by atoms with Crippen molar-refractivity contribution in [1.82, 2.24) is 19.4 Å². The number of carbonyl (C=O) groups excluding carboxylic acids is 1. The largest absolute Gasteiger partial charge is 0.322 e. The zero-order valence-electron chi connectivity index (χ0n) is 13.7. The molecular weight excluding hydrogens is 330 g/mol. The van der Waals surface area contributed by atoms with E-state index < -0.39 is 10.0 Å². The Labute approximate surface area is 140 Å². The van der Waals surface area contributed by atoms with Crippen LogP contribution >= 0.6 is 0 Å². The van der Waals surface area contributed by atoms with E-state index in [0.717, 1.165) is 10.9 Å². The Bertz CT molecular complexity index is 848. The molecule has 0 radical (unpaired) electrons. The summed E-state index contributed by atoms with van der Waals surface area (Å²) in [5.41, 5.74) is 1.59. The lowest BCUT2D eigenvalue weighted by Crippen LogP contribution is -2.56. The second-order valence-electron chi connectivity index (χ2n) is 5.90. The summed E-state index contributed by atoms with van der Waals surface area (Å²) in [5.74, 6) is 0.0800. The number of hydrogen-bond acceptors (Lipinski definition) is 4. The lowest BCUT2D eigenvalue weighted by Gasteiger charge is -2.38. The Balaban J connectivity index is 1.67. The number of amides is 2. The molecule has 3 rings (SSSR count). The molecule has 0 unspecified atom stereocenters. The van der Waals surface area contributed by atoms with E-state index in [4.69, 9.17) is 0 Å². The number of piperazine rings is 1. The predicted octanol–water partition coefficient (Wildman–Crippen LogP) is 1.45. The topological polar surface area (TPSA) is 98.4 Å². The van der Waals surface area contributed by atoms with Crippen molar-refractivity contribution in [3.63, 3.8) is 0 Å². The van der Waals surface area contributed by atoms with Gasteiger partial charge in [-0.05, 0) is 32.0 Å². The van der Waals surface area contributed by atoms with Crippen molar-refractivity contribution < 1.29 is 13.2 Å². The zero-order valence-corrected chi connectivity index (χ0v) is 14.5. The average Bonchev–Trinajstić information content (AvgIpc) is 3.02. The van der Waals surface area contributed by atoms with Crippen LogP contribution in [0.25, 0.3) is 10.9 Å². The van der Waals surface area contributed by atoms with E-state index in [9.17, 15) is 13.2 Å². The van der Waals surface area contributed by atoms with E-state index in [1.807, 2.05) is 19.1 Å². The normalized spacial score (nSPS) is 19.6. The molecule has 0 saturated carbocycles. The molecule has 2 heterocycles. The minimum absolute atomic E-state index is 0.0800. The maximum Gasteiger partial charge on any atom is 0.322 e. The van der Waals surface area contributed by atoms with Crippen LogP contribution < -0.4 is 5.32 Å². The number of aromatic nitrogens is 2. The van der Waals surface area contributed by atoms with E-state index in [-0.39, 0.29) is 17.8 Å². The molecule has 1 aliphatic heterocycles. The van der Waals surface area contributed by atoms with Gasteiger partial charge in [-0.15, -0.1) is 0 Å². The van der Waals surface area contributed by atoms with E-state index in [0.29, 0.717) is 25.3 Å². The summed E-state index contributed by atoms with van der Waals surface area (Å²) in [4.78, 5) is 14.2. The summed E-state index contributed by atoms with van der Waals surface area (Å²) in [7, 11) is -3.22. The smallest absolute Gasteiger partial charge is 0.319 e. The Morgan fingerprint density at radius 2 is 2.21 bits per heavy atom. The number of fused-ring (bicyclic) bond motifs is 1. The van der Waals surface area contributed by atoms with Gasteiger partial charge in [-0.25, -0.2) is 13.2 Å². The fourth-order valence-corrected chi connectivity index (χ4v) is 4.04. The Morgan fingerprint density at radius 1 is 1.42 bits per heavy atom. The molecular formula is C15H21N5O3S. The van der Waals surface area contributed by atoms with Crippen molar-refractivity contribution in [3.8, 4) is 0 Å². The lowest BCUT2D eigenvalue weighted by atomic mass is 10.2. The van der Waals surface area contributed by atoms with Gasteiger partial charge in [-0.1, -0.05) is 0 Å². The number of anilines is 1. The highest BCUT2D eigenvalue weighted by atomic mass is 32.2. The molecule has 0 aliphatic carbocycles. The van der Waals surface area contributed by atoms with Gasteiger partial charge < -0.3 is 10.2 Å². The van der Waals surface area contributed by atoms with Gasteiger partial charge in [0.25, 0.3) is 0 Å². The standard InChI is InChI=1S/C15H21N5O3S/c1-3-24(22,23)19-6-7-20(11(2)10-19)15(21)17-13-4-5-14-12(8-13)9-16-18-14/h4-5,8-9,11H,3,6-7,10H2,1-2H3,(H,16,18)(H,17,21)/t11-/m1/s1. The minimum atomic E-state index is -3.22. The predicted molar refractivity (Wildman–Crippen MR) is 92.3 cm³/mol. The Morgan fingerprint density at radius 3 is 2.92 bits per heavy atom. The van der Waals surface area contributed by atoms with Crippen LogP contribution in [-0.4, -0.2) is 65.3 Å². The maximum atomic E-state index is 12.5. The molecule has 1 fully saturated rings. The van der Waals surface area contributed by atoms with Gasteiger partial charge >= 0.3 is 6.03 Å². The molecule has 9 heteroatoms. The molecule has 2 N–H and O–H groups in total. The van der Waals surface area contributed by atoms with Crippen LogP contribution in [0.15, 0.2) is 24.4 Å². The first-order valence-electron chi connectivity index (χ1n) is 7.89. The Kier molecular flexibility index (Phi) is 4.46. The molecule has 2 amide bonds. The first-order valence-corrected chi connectivity index (χ1v) is 9.50. The van der Waals surface area contributed by atoms with Crippen LogP contribution in [0.1, 0.15) is 13.8 Å². The molecule has 1 aromatic carbocycles. The fraction of sp³-hybridized carbons (Fsp3) is 0.467. The van der Waals surface area contributed by atoms with Crippen molar-refractivity contribution in [1.29, 1.82) is 0 Å². The molecule has 0 bridgehead atoms. The molecule has 1 aliphatic rings. The van der Waals surface area contributed by atoms with Crippen LogP contribution in [0, 0.1) is 0 Å². The van der Waals surface area contributed by atoms with Crippen molar-refractivity contribution in [2.45, 2.75) is 19.9 Å². The fourth-order valence-electron chi connectivity index (χ4n) is 2.88. The summed E-state index contributed by atoms with van der Waals surface area (Å²) in [6.45, 7) is 4.51. The quantitative estimate of drug-likeness (QED) is 0.874. The van der Waals surface area contributed by atoms with Crippen LogP contribution in [0.3, 0.4) is 0 Å². The summed E-state index contributed by atoms with van der Waals surface area (Å²) in [5, 5.41) is 10.6. The van der Waals surface area contributed by atoms with Crippen molar-refractivity contribution >= 4 is 32.6 Å². The molecule has 0 spiro atoms. The van der Waals surface area contributed by atoms with E-state index in [2.05, 4.69) is 15.5 Å². The number of carbonyl (C=O) groups is 1. The molecule has 2 aromatic rings. The zero-order chi connectivity index (χ0) is 17.3. The number of H-pyrrole nitrogens is 1. The van der Waals surface area contributed by atoms with Crippen LogP contribution in [0.4, 0.5) is 10.5 Å². The van der Waals surface area contributed by atoms with Crippen LogP contribution in [-0.2, 0) is 10.0 Å². The number of hydrogen-bond donors (Lipinski definition) is 2. The molecule has 1 aromatic heterocycles. The highest BCUT2D eigenvalue weighted by molar-refractivity contribution is 7.89. The van der Waals surface area contributed by atoms with Crippen LogP contribution in [0.2, 0.25) is 0 Å². The van der Waals surface area contributed by atoms with Crippen molar-refractivity contribution in [2.24, 2.45) is 0 Å². The van der Waals surface area contributed by atoms with Gasteiger partial charge in [0.1, 0.15) is 0 Å². The maximum absolute atomic E-state index is 12.5. The SMILES string of the molecule is CCS(=O)(=O)N1CCN(C(=O)Nc2ccc3[nH]ncc3c2)[C@H](C)C1. The highest BCUT2D eigenvalue weighted by Crippen LogP contribution is 2.19. The summed E-state index contributed by atoms with van der Waals surface area (Å²) in [6, 6.07) is 5.10. The number of aromatic amines is 1. The summed E-state index contributed by atoms with van der Waals surface area (Å²) < 4.78 is 25.4. The third kappa shape index (κ3) is 3.22. The molecule has 1 saturated heterocycles. The van der Waals surface area contributed by atoms with E-state index in [1.165, 1.54) is 4.31 Å². The number of nitrogens with one attached hydrogen (secondary N) is 2. The van der Waals surface area contributed by atoms with Crippen molar-refractivity contribution in [2.75, 3.05) is 30.7 Å². The molecule has 8 nitrogen and oxygen atoms in total. The van der Waals surface area contributed by atoms with Gasteiger partial charge in [-0.2, -0.15) is 9.40 Å². The second kappa shape index (κ2) is 6.40. The monoisotopic (exact) mass is 351 g/mol. The number of urea groups is 1. The first-order chi connectivity index (χ1) is 11.4. The van der Waals surface area contributed by atoms with Gasteiger partial charge in [0.05, 0.1) is 17.5 Å². The Hall–Kier alpha value is -2.13. The number of benzene rings is 1. The first kappa shape index (κ1) is 16.7. The number of sulfonamides is 1. The van der Waals surface area contributed by atoms with Gasteiger partial charge in [0.15, 0.2) is 0 Å². The highest BCUT2D eigenvalue weighted by Gasteiger charge is 2.32. The number of rotatable bonds is 3. The minimum Gasteiger partial charge on any atom is -0.319 e. The molecule has 1 atom stereocenters. The average molecular weight is 351 g/mol. The summed E-state index contributed by atoms with van der Waals surface area (Å²) in [6.07, 6.45) is 1.70. The van der Waals surface area contributed by atoms with E-state index >= 15 is 0 Å². The third-order valence-electron chi connectivity index (χ3n) is 4.30. The lowest BCUT2D eigenvalue weighted by molar-refractivity contribution is 0.149. The molecule has 130 valence electrons. The second-order valence-corrected chi connectivity index (χ2v) is 8.16.